The van der Waals surface area contributed by atoms with Gasteiger partial charge in [-0.3, -0.25) is 4.98 Å². The Balaban J connectivity index is 1.70. The molecule has 0 unspecified atom stereocenters. The second-order valence-electron chi connectivity index (χ2n) is 6.92. The Kier molecular flexibility index (Phi) is 6.62. The van der Waals surface area contributed by atoms with Gasteiger partial charge in [-0.2, -0.15) is 0 Å². The van der Waals surface area contributed by atoms with Crippen LogP contribution in [-0.4, -0.2) is 4.98 Å². The minimum absolute atomic E-state index is 1.08. The molecule has 1 nitrogen and oxygen atoms in total. The quantitative estimate of drug-likeness (QED) is 0.475. The molecule has 0 fully saturated rings. The predicted octanol–water partition coefficient (Wildman–Crippen LogP) is 6.99. The van der Waals surface area contributed by atoms with Crippen molar-refractivity contribution in [1.29, 1.82) is 0 Å². The van der Waals surface area contributed by atoms with E-state index < -0.39 is 0 Å². The Bertz CT molecular complexity index is 722. The smallest absolute Gasteiger partial charge is 0.0740 e. The SMILES string of the molecule is CCCCCCCc1ccc(-c2cccnc2C2=CC=CCC2)cc1. The highest BCUT2D eigenvalue weighted by Gasteiger charge is 2.11. The number of allylic oxidation sites excluding steroid dienone is 4. The van der Waals surface area contributed by atoms with Crippen LogP contribution in [0, 0.1) is 0 Å². The zero-order valence-corrected chi connectivity index (χ0v) is 15.4. The number of unbranched alkanes of at least 4 members (excludes halogenated alkanes) is 4. The van der Waals surface area contributed by atoms with Gasteiger partial charge < -0.3 is 0 Å². The summed E-state index contributed by atoms with van der Waals surface area (Å²) in [4.78, 5) is 4.68. The summed E-state index contributed by atoms with van der Waals surface area (Å²) < 4.78 is 0. The van der Waals surface area contributed by atoms with Crippen molar-refractivity contribution in [1.82, 2.24) is 4.98 Å². The van der Waals surface area contributed by atoms with Gasteiger partial charge in [0.15, 0.2) is 0 Å². The van der Waals surface area contributed by atoms with Crippen molar-refractivity contribution in [3.8, 4) is 11.1 Å². The van der Waals surface area contributed by atoms with E-state index in [1.54, 1.807) is 0 Å². The van der Waals surface area contributed by atoms with Crippen molar-refractivity contribution < 1.29 is 0 Å². The van der Waals surface area contributed by atoms with Gasteiger partial charge in [0.1, 0.15) is 0 Å². The zero-order chi connectivity index (χ0) is 17.3. The van der Waals surface area contributed by atoms with E-state index in [4.69, 9.17) is 0 Å². The molecule has 1 aliphatic rings. The molecule has 0 aliphatic heterocycles. The summed E-state index contributed by atoms with van der Waals surface area (Å²) in [6.07, 6.45) is 18.6. The van der Waals surface area contributed by atoms with E-state index in [1.807, 2.05) is 12.3 Å². The molecule has 1 heterocycles. The standard InChI is InChI=1S/C24H29N/c1-2-3-4-5-7-11-20-15-17-21(18-16-20)23-14-10-19-25-24(23)22-12-8-6-9-13-22/h6,8,10,12,14-19H,2-5,7,9,11,13H2,1H3. The van der Waals surface area contributed by atoms with E-state index in [9.17, 15) is 0 Å². The number of rotatable bonds is 8. The Labute approximate surface area is 152 Å². The highest BCUT2D eigenvalue weighted by atomic mass is 14.7. The van der Waals surface area contributed by atoms with Gasteiger partial charge in [0.25, 0.3) is 0 Å². The monoisotopic (exact) mass is 331 g/mol. The summed E-state index contributed by atoms with van der Waals surface area (Å²) in [5, 5.41) is 0. The van der Waals surface area contributed by atoms with E-state index in [2.05, 4.69) is 60.5 Å². The highest BCUT2D eigenvalue weighted by molar-refractivity contribution is 5.80. The molecule has 2 aromatic rings. The average molecular weight is 332 g/mol. The lowest BCUT2D eigenvalue weighted by atomic mass is 9.94. The average Bonchev–Trinajstić information content (AvgIpc) is 2.69. The minimum Gasteiger partial charge on any atom is -0.256 e. The summed E-state index contributed by atoms with van der Waals surface area (Å²) >= 11 is 0. The zero-order valence-electron chi connectivity index (χ0n) is 15.4. The molecule has 0 amide bonds. The molecule has 130 valence electrons. The summed E-state index contributed by atoms with van der Waals surface area (Å²) in [6.45, 7) is 2.27. The Hall–Kier alpha value is -2.15. The molecule has 25 heavy (non-hydrogen) atoms. The van der Waals surface area contributed by atoms with Crippen molar-refractivity contribution in [2.45, 2.75) is 58.3 Å². The number of pyridine rings is 1. The number of hydrogen-bond acceptors (Lipinski definition) is 1. The van der Waals surface area contributed by atoms with E-state index in [0.717, 1.165) is 18.5 Å². The maximum atomic E-state index is 4.68. The lowest BCUT2D eigenvalue weighted by Crippen LogP contribution is -1.95. The van der Waals surface area contributed by atoms with Gasteiger partial charge in [-0.1, -0.05) is 81.2 Å². The van der Waals surface area contributed by atoms with Gasteiger partial charge in [-0.25, -0.2) is 0 Å². The van der Waals surface area contributed by atoms with Crippen LogP contribution in [-0.2, 0) is 6.42 Å². The number of hydrogen-bond donors (Lipinski definition) is 0. The Morgan fingerprint density at radius 1 is 0.960 bits per heavy atom. The fraction of sp³-hybridized carbons (Fsp3) is 0.375. The highest BCUT2D eigenvalue weighted by Crippen LogP contribution is 2.31. The molecular weight excluding hydrogens is 302 g/mol. The first kappa shape index (κ1) is 17.7. The van der Waals surface area contributed by atoms with E-state index >= 15 is 0 Å². The number of aromatic nitrogens is 1. The van der Waals surface area contributed by atoms with Crippen molar-refractivity contribution in [2.75, 3.05) is 0 Å². The fourth-order valence-electron chi connectivity index (χ4n) is 3.48. The molecular formula is C24H29N. The largest absolute Gasteiger partial charge is 0.256 e. The topological polar surface area (TPSA) is 12.9 Å². The van der Waals surface area contributed by atoms with Crippen molar-refractivity contribution in [3.63, 3.8) is 0 Å². The lowest BCUT2D eigenvalue weighted by Gasteiger charge is -2.13. The van der Waals surface area contributed by atoms with Crippen LogP contribution in [0.3, 0.4) is 0 Å². The maximum Gasteiger partial charge on any atom is 0.0740 e. The number of aryl methyl sites for hydroxylation is 1. The third kappa shape index (κ3) is 4.92. The van der Waals surface area contributed by atoms with Gasteiger partial charge in [0.05, 0.1) is 5.69 Å². The summed E-state index contributed by atoms with van der Waals surface area (Å²) in [5.41, 5.74) is 6.45. The van der Waals surface area contributed by atoms with E-state index in [-0.39, 0.29) is 0 Å². The third-order valence-electron chi connectivity index (χ3n) is 4.96. The maximum absolute atomic E-state index is 4.68. The third-order valence-corrected chi connectivity index (χ3v) is 4.96. The lowest BCUT2D eigenvalue weighted by molar-refractivity contribution is 0.632. The van der Waals surface area contributed by atoms with Crippen molar-refractivity contribution in [2.24, 2.45) is 0 Å². The first-order valence-electron chi connectivity index (χ1n) is 9.79. The summed E-state index contributed by atoms with van der Waals surface area (Å²) in [7, 11) is 0. The molecule has 0 N–H and O–H groups in total. The van der Waals surface area contributed by atoms with Crippen molar-refractivity contribution in [3.05, 3.63) is 72.1 Å². The van der Waals surface area contributed by atoms with Crippen LogP contribution in [0.1, 0.15) is 63.1 Å². The molecule has 0 bridgehead atoms. The van der Waals surface area contributed by atoms with E-state index in [1.165, 1.54) is 60.8 Å². The van der Waals surface area contributed by atoms with Gasteiger partial charge in [0.2, 0.25) is 0 Å². The van der Waals surface area contributed by atoms with Crippen LogP contribution in [0.15, 0.2) is 60.8 Å². The fourth-order valence-corrected chi connectivity index (χ4v) is 3.48. The molecule has 0 saturated carbocycles. The first-order valence-corrected chi connectivity index (χ1v) is 9.79. The van der Waals surface area contributed by atoms with Crippen LogP contribution in [0.25, 0.3) is 16.7 Å². The van der Waals surface area contributed by atoms with Crippen LogP contribution in [0.2, 0.25) is 0 Å². The predicted molar refractivity (Wildman–Crippen MR) is 108 cm³/mol. The normalized spacial score (nSPS) is 13.7. The summed E-state index contributed by atoms with van der Waals surface area (Å²) in [6, 6.07) is 13.4. The Morgan fingerprint density at radius 3 is 2.56 bits per heavy atom. The molecule has 1 aliphatic carbocycles. The second kappa shape index (κ2) is 9.36. The molecule has 1 heteroatoms. The number of nitrogens with zero attached hydrogens (tertiary/aromatic N) is 1. The van der Waals surface area contributed by atoms with Gasteiger partial charge in [-0.05, 0) is 48.4 Å². The molecule has 0 spiro atoms. The van der Waals surface area contributed by atoms with Crippen LogP contribution >= 0.6 is 0 Å². The van der Waals surface area contributed by atoms with Gasteiger partial charge >= 0.3 is 0 Å². The molecule has 0 atom stereocenters. The van der Waals surface area contributed by atoms with Crippen LogP contribution in [0.4, 0.5) is 0 Å². The van der Waals surface area contributed by atoms with Gasteiger partial charge in [-0.15, -0.1) is 0 Å². The molecule has 3 rings (SSSR count). The Morgan fingerprint density at radius 2 is 1.80 bits per heavy atom. The first-order chi connectivity index (χ1) is 12.4. The molecule has 0 saturated heterocycles. The number of benzene rings is 1. The molecule has 1 aromatic heterocycles. The molecule has 1 aromatic carbocycles. The van der Waals surface area contributed by atoms with Crippen LogP contribution < -0.4 is 0 Å². The minimum atomic E-state index is 1.08. The summed E-state index contributed by atoms with van der Waals surface area (Å²) in [5.74, 6) is 0. The van der Waals surface area contributed by atoms with E-state index in [0.29, 0.717) is 0 Å². The van der Waals surface area contributed by atoms with Crippen molar-refractivity contribution >= 4 is 5.57 Å². The molecule has 0 radical (unpaired) electrons. The van der Waals surface area contributed by atoms with Crippen LogP contribution in [0.5, 0.6) is 0 Å². The van der Waals surface area contributed by atoms with Gasteiger partial charge in [0, 0.05) is 11.8 Å². The second-order valence-corrected chi connectivity index (χ2v) is 6.92.